The molecule has 1 aliphatic heterocycles. The molecule has 1 fully saturated rings. The first-order valence-corrected chi connectivity index (χ1v) is 13.0. The van der Waals surface area contributed by atoms with Crippen molar-refractivity contribution in [2.75, 3.05) is 37.0 Å². The molecule has 0 radical (unpaired) electrons. The number of anilines is 1. The van der Waals surface area contributed by atoms with Crippen LogP contribution in [0, 0.1) is 0 Å². The quantitative estimate of drug-likeness (QED) is 0.445. The Morgan fingerprint density at radius 1 is 1.09 bits per heavy atom. The summed E-state index contributed by atoms with van der Waals surface area (Å²) in [5.74, 6) is 1.11. The first-order chi connectivity index (χ1) is 16.6. The fourth-order valence-corrected chi connectivity index (χ4v) is 4.77. The fourth-order valence-electron chi connectivity index (χ4n) is 4.01. The Balaban J connectivity index is 1.42. The van der Waals surface area contributed by atoms with E-state index in [1.54, 1.807) is 0 Å². The predicted molar refractivity (Wildman–Crippen MR) is 137 cm³/mol. The van der Waals surface area contributed by atoms with Gasteiger partial charge in [0, 0.05) is 19.1 Å². The summed E-state index contributed by atoms with van der Waals surface area (Å²) >= 11 is 1.42. The van der Waals surface area contributed by atoms with Crippen LogP contribution < -0.4 is 10.2 Å². The van der Waals surface area contributed by atoms with Crippen molar-refractivity contribution in [2.24, 2.45) is 0 Å². The number of benzene rings is 2. The van der Waals surface area contributed by atoms with E-state index in [-0.39, 0.29) is 11.9 Å². The van der Waals surface area contributed by atoms with Gasteiger partial charge < -0.3 is 15.0 Å². The Kier molecular flexibility index (Phi) is 8.60. The summed E-state index contributed by atoms with van der Waals surface area (Å²) in [6.07, 6.45) is 2.80. The van der Waals surface area contributed by atoms with Crippen LogP contribution in [0.3, 0.4) is 0 Å². The van der Waals surface area contributed by atoms with Crippen molar-refractivity contribution < 1.29 is 9.53 Å². The van der Waals surface area contributed by atoms with E-state index in [0.29, 0.717) is 19.0 Å². The van der Waals surface area contributed by atoms with Gasteiger partial charge in [-0.1, -0.05) is 61.2 Å². The zero-order valence-electron chi connectivity index (χ0n) is 19.9. The topological polar surface area (TPSA) is 72.3 Å². The van der Waals surface area contributed by atoms with Crippen LogP contribution >= 0.6 is 11.8 Å². The number of rotatable bonds is 10. The number of thioether (sulfide) groups is 1. The third-order valence-electron chi connectivity index (χ3n) is 5.94. The van der Waals surface area contributed by atoms with E-state index in [1.807, 2.05) is 18.2 Å². The molecule has 1 saturated heterocycles. The van der Waals surface area contributed by atoms with Crippen molar-refractivity contribution in [2.45, 2.75) is 44.3 Å². The molecule has 8 heteroatoms. The molecule has 1 N–H and O–H groups in total. The molecule has 0 saturated carbocycles. The van der Waals surface area contributed by atoms with Gasteiger partial charge in [0.25, 0.3) is 0 Å². The molecule has 7 nitrogen and oxygen atoms in total. The number of hydrogen-bond donors (Lipinski definition) is 1. The van der Waals surface area contributed by atoms with Crippen LogP contribution in [0.5, 0.6) is 0 Å². The first kappa shape index (κ1) is 24.3. The summed E-state index contributed by atoms with van der Waals surface area (Å²) in [5, 5.41) is 12.8. The second-order valence-electron chi connectivity index (χ2n) is 8.52. The lowest BCUT2D eigenvalue weighted by Crippen LogP contribution is -2.38. The highest BCUT2D eigenvalue weighted by atomic mass is 32.2. The Bertz CT molecular complexity index is 1070. The molecule has 3 aromatic rings. The zero-order valence-corrected chi connectivity index (χ0v) is 20.8. The van der Waals surface area contributed by atoms with Gasteiger partial charge >= 0.3 is 0 Å². The number of carbonyl (C=O) groups excluding carboxylic acids is 1. The lowest BCUT2D eigenvalue weighted by molar-refractivity contribution is -0.119. The van der Waals surface area contributed by atoms with Crippen LogP contribution in [0.2, 0.25) is 0 Å². The Morgan fingerprint density at radius 2 is 1.85 bits per heavy atom. The molecule has 0 bridgehead atoms. The van der Waals surface area contributed by atoms with E-state index < -0.39 is 0 Å². The Morgan fingerprint density at radius 3 is 2.62 bits per heavy atom. The largest absolute Gasteiger partial charge is 0.378 e. The number of aromatic nitrogens is 3. The van der Waals surface area contributed by atoms with Gasteiger partial charge in [-0.2, -0.15) is 0 Å². The van der Waals surface area contributed by atoms with Gasteiger partial charge in [-0.25, -0.2) is 0 Å². The highest BCUT2D eigenvalue weighted by Crippen LogP contribution is 2.27. The molecule has 2 aromatic carbocycles. The smallest absolute Gasteiger partial charge is 0.232 e. The summed E-state index contributed by atoms with van der Waals surface area (Å²) in [7, 11) is 0. The van der Waals surface area contributed by atoms with E-state index in [0.717, 1.165) is 49.1 Å². The van der Waals surface area contributed by atoms with E-state index in [1.165, 1.54) is 22.9 Å². The van der Waals surface area contributed by atoms with Crippen LogP contribution in [0.4, 0.5) is 5.95 Å². The lowest BCUT2D eigenvalue weighted by Gasteiger charge is -2.28. The summed E-state index contributed by atoms with van der Waals surface area (Å²) in [4.78, 5) is 14.9. The molecule has 34 heavy (non-hydrogen) atoms. The van der Waals surface area contributed by atoms with Gasteiger partial charge in [-0.15, -0.1) is 10.2 Å². The number of ether oxygens (including phenoxy) is 1. The highest BCUT2D eigenvalue weighted by Gasteiger charge is 2.22. The molecule has 1 aromatic heterocycles. The van der Waals surface area contributed by atoms with Crippen molar-refractivity contribution in [3.63, 3.8) is 0 Å². The van der Waals surface area contributed by atoms with Gasteiger partial charge in [0.2, 0.25) is 11.9 Å². The van der Waals surface area contributed by atoms with Crippen LogP contribution in [-0.4, -0.2) is 58.8 Å². The minimum Gasteiger partial charge on any atom is -0.378 e. The van der Waals surface area contributed by atoms with E-state index in [9.17, 15) is 4.79 Å². The summed E-state index contributed by atoms with van der Waals surface area (Å²) < 4.78 is 7.59. The molecule has 0 unspecified atom stereocenters. The second-order valence-corrected chi connectivity index (χ2v) is 9.46. The molecule has 1 aliphatic rings. The lowest BCUT2D eigenvalue weighted by atomic mass is 10.1. The summed E-state index contributed by atoms with van der Waals surface area (Å²) in [6, 6.07) is 18.9. The van der Waals surface area contributed by atoms with Crippen molar-refractivity contribution in [3.8, 4) is 5.69 Å². The average Bonchev–Trinajstić information content (AvgIpc) is 3.31. The minimum absolute atomic E-state index is 0.00958. The fraction of sp³-hybridized carbons (Fsp3) is 0.423. The molecule has 0 spiro atoms. The number of nitrogens with zero attached hydrogens (tertiary/aromatic N) is 4. The predicted octanol–water partition coefficient (Wildman–Crippen LogP) is 3.90. The Hall–Kier alpha value is -2.84. The third kappa shape index (κ3) is 6.39. The van der Waals surface area contributed by atoms with Crippen molar-refractivity contribution >= 4 is 23.6 Å². The van der Waals surface area contributed by atoms with Gasteiger partial charge in [-0.05, 0) is 49.4 Å². The highest BCUT2D eigenvalue weighted by molar-refractivity contribution is 7.99. The molecule has 180 valence electrons. The number of carbonyl (C=O) groups is 1. The van der Waals surface area contributed by atoms with Crippen LogP contribution in [0.15, 0.2) is 59.8 Å². The zero-order chi connectivity index (χ0) is 23.8. The van der Waals surface area contributed by atoms with Crippen LogP contribution in [0.1, 0.15) is 31.4 Å². The molecular formula is C26H33N5O2S. The molecule has 2 heterocycles. The summed E-state index contributed by atoms with van der Waals surface area (Å²) in [5.41, 5.74) is 3.56. The molecule has 4 rings (SSSR count). The third-order valence-corrected chi connectivity index (χ3v) is 6.86. The van der Waals surface area contributed by atoms with Gasteiger partial charge in [0.05, 0.1) is 24.7 Å². The average molecular weight is 480 g/mol. The van der Waals surface area contributed by atoms with Crippen molar-refractivity contribution in [1.82, 2.24) is 20.1 Å². The van der Waals surface area contributed by atoms with Crippen LogP contribution in [0.25, 0.3) is 5.69 Å². The van der Waals surface area contributed by atoms with Crippen molar-refractivity contribution in [3.05, 3.63) is 65.7 Å². The minimum atomic E-state index is 0.00958. The Labute approximate surface area is 205 Å². The molecular weight excluding hydrogens is 446 g/mol. The van der Waals surface area contributed by atoms with Gasteiger partial charge in [0.1, 0.15) is 0 Å². The maximum absolute atomic E-state index is 12.7. The SMILES string of the molecule is CCc1cccc(-n2c(SCC(=O)N[C@@H](C)CCc3ccccc3)nnc2N2CCOCC2)c1. The number of amides is 1. The van der Waals surface area contributed by atoms with Crippen LogP contribution in [-0.2, 0) is 22.4 Å². The van der Waals surface area contributed by atoms with Crippen molar-refractivity contribution in [1.29, 1.82) is 0 Å². The summed E-state index contributed by atoms with van der Waals surface area (Å²) in [6.45, 7) is 7.10. The number of morpholine rings is 1. The standard InChI is InChI=1S/C26H33N5O2S/c1-3-21-10-7-11-23(18-21)31-25(30-14-16-33-17-15-30)28-29-26(31)34-19-24(32)27-20(2)12-13-22-8-5-4-6-9-22/h4-11,18,20H,3,12-17,19H2,1-2H3,(H,27,32)/t20-/m0/s1. The normalized spacial score (nSPS) is 14.7. The van der Waals surface area contributed by atoms with Gasteiger partial charge in [0.15, 0.2) is 5.16 Å². The molecule has 1 atom stereocenters. The first-order valence-electron chi connectivity index (χ1n) is 12.0. The number of hydrogen-bond acceptors (Lipinski definition) is 6. The number of nitrogens with one attached hydrogen (secondary N) is 1. The monoisotopic (exact) mass is 479 g/mol. The number of aryl methyl sites for hydroxylation is 2. The van der Waals surface area contributed by atoms with E-state index in [2.05, 4.69) is 75.2 Å². The molecule has 0 aliphatic carbocycles. The molecule has 1 amide bonds. The van der Waals surface area contributed by atoms with E-state index >= 15 is 0 Å². The van der Waals surface area contributed by atoms with E-state index in [4.69, 9.17) is 4.74 Å². The maximum Gasteiger partial charge on any atom is 0.232 e. The second kappa shape index (κ2) is 12.0. The maximum atomic E-state index is 12.7. The van der Waals surface area contributed by atoms with Gasteiger partial charge in [-0.3, -0.25) is 9.36 Å².